The maximum absolute atomic E-state index is 13.7. The molecule has 2 N–H and O–H groups in total. The molecule has 4 aliphatic rings. The highest BCUT2D eigenvalue weighted by atomic mass is 35.5. The number of amides is 3. The van der Waals surface area contributed by atoms with E-state index < -0.39 is 17.9 Å². The first kappa shape index (κ1) is 33.4. The van der Waals surface area contributed by atoms with Gasteiger partial charge in [0.25, 0.3) is 5.91 Å². The van der Waals surface area contributed by atoms with Crippen molar-refractivity contribution in [3.8, 4) is 0 Å². The van der Waals surface area contributed by atoms with Crippen molar-refractivity contribution < 1.29 is 28.3 Å². The Kier molecular flexibility index (Phi) is 8.66. The van der Waals surface area contributed by atoms with E-state index in [0.29, 0.717) is 71.5 Å². The number of fused-ring (bicyclic) bond motifs is 2. The predicted molar refractivity (Wildman–Crippen MR) is 182 cm³/mol. The third kappa shape index (κ3) is 7.11. The summed E-state index contributed by atoms with van der Waals surface area (Å²) in [5.41, 5.74) is 1.65. The molecule has 2 saturated heterocycles. The average molecular weight is 707 g/mol. The smallest absolute Gasteiger partial charge is 0.416 e. The topological polar surface area (TPSA) is 168 Å². The number of alkyl halides is 1. The molecule has 4 aromatic rings. The molecule has 0 unspecified atom stereocenters. The summed E-state index contributed by atoms with van der Waals surface area (Å²) < 4.78 is 22.3. The van der Waals surface area contributed by atoms with Crippen molar-refractivity contribution in [2.75, 3.05) is 28.2 Å². The number of anilines is 3. The minimum atomic E-state index is -0.845. The zero-order chi connectivity index (χ0) is 35.3. The number of nitrogens with one attached hydrogen (secondary N) is 2. The molecule has 0 radical (unpaired) electrons. The minimum absolute atomic E-state index is 0.0374. The lowest BCUT2D eigenvalue weighted by atomic mass is 10.1. The van der Waals surface area contributed by atoms with E-state index in [1.807, 2.05) is 31.7 Å². The van der Waals surface area contributed by atoms with E-state index in [0.717, 1.165) is 31.5 Å². The first-order valence-electron chi connectivity index (χ1n) is 16.5. The summed E-state index contributed by atoms with van der Waals surface area (Å²) in [6, 6.07) is 3.91. The molecule has 0 spiro atoms. The fourth-order valence-corrected chi connectivity index (χ4v) is 5.95. The van der Waals surface area contributed by atoms with E-state index in [2.05, 4.69) is 30.8 Å². The van der Waals surface area contributed by atoms with Crippen LogP contribution >= 0.6 is 11.6 Å². The van der Waals surface area contributed by atoms with Crippen LogP contribution in [-0.4, -0.2) is 90.3 Å². The second-order valence-corrected chi connectivity index (χ2v) is 14.2. The van der Waals surface area contributed by atoms with Crippen LogP contribution < -0.4 is 20.4 Å². The molecule has 0 bridgehead atoms. The molecule has 0 aromatic carbocycles. The Bertz CT molecular complexity index is 2050. The van der Waals surface area contributed by atoms with E-state index in [1.54, 1.807) is 22.9 Å². The lowest BCUT2D eigenvalue weighted by molar-refractivity contribution is -0.124. The fourth-order valence-electron chi connectivity index (χ4n) is 5.77. The first-order chi connectivity index (χ1) is 23.9. The van der Waals surface area contributed by atoms with Crippen LogP contribution in [0.4, 0.5) is 26.6 Å². The van der Waals surface area contributed by atoms with Gasteiger partial charge in [-0.2, -0.15) is 19.2 Å². The number of ether oxygens (including phenoxy) is 1. The van der Waals surface area contributed by atoms with Gasteiger partial charge in [0, 0.05) is 41.9 Å². The molecule has 3 amide bonds. The summed E-state index contributed by atoms with van der Waals surface area (Å²) >= 11 is 6.07. The molecule has 1 atom stereocenters. The summed E-state index contributed by atoms with van der Waals surface area (Å²) in [5, 5.41) is 14.5. The van der Waals surface area contributed by atoms with Crippen LogP contribution in [0.3, 0.4) is 0 Å². The maximum atomic E-state index is 13.7. The lowest BCUT2D eigenvalue weighted by Crippen LogP contribution is -2.39. The van der Waals surface area contributed by atoms with Crippen molar-refractivity contribution in [3.63, 3.8) is 0 Å². The Balaban J connectivity index is 0.000000159. The first-order valence-corrected chi connectivity index (χ1v) is 16.9. The molecule has 262 valence electrons. The van der Waals surface area contributed by atoms with Crippen molar-refractivity contribution in [2.45, 2.75) is 83.2 Å². The Morgan fingerprint density at radius 1 is 1.06 bits per heavy atom. The second-order valence-electron chi connectivity index (χ2n) is 13.8. The van der Waals surface area contributed by atoms with Crippen LogP contribution in [0.5, 0.6) is 0 Å². The normalized spacial score (nSPS) is 19.9. The Morgan fingerprint density at radius 2 is 1.78 bits per heavy atom. The van der Waals surface area contributed by atoms with Gasteiger partial charge in [0.05, 0.1) is 30.9 Å². The molecule has 15 nitrogen and oxygen atoms in total. The van der Waals surface area contributed by atoms with Crippen LogP contribution in [0.25, 0.3) is 17.4 Å². The summed E-state index contributed by atoms with van der Waals surface area (Å²) in [5.74, 6) is 1.25. The van der Waals surface area contributed by atoms with Crippen molar-refractivity contribution in [2.24, 2.45) is 0 Å². The maximum Gasteiger partial charge on any atom is 0.416 e. The van der Waals surface area contributed by atoms with E-state index in [9.17, 15) is 23.6 Å². The minimum Gasteiger partial charge on any atom is -0.443 e. The number of carbonyl (C=O) groups is 4. The Morgan fingerprint density at radius 3 is 2.40 bits per heavy atom. The molecular weight excluding hydrogens is 671 g/mol. The van der Waals surface area contributed by atoms with Crippen LogP contribution in [0.1, 0.15) is 75.2 Å². The van der Waals surface area contributed by atoms with Gasteiger partial charge in [-0.1, -0.05) is 11.6 Å². The predicted octanol–water partition coefficient (Wildman–Crippen LogP) is 4.38. The number of halogens is 2. The quantitative estimate of drug-likeness (QED) is 0.121. The standard InChI is InChI=1S/C18H19FN6O2.C15H17ClN4O3/c19-12-3-4-24(9-12)14-7-15(21-13-1-2-13)25-17(22-14)11(8-20-25)5-10-6-16(26)23-18(10)27;1-15(2,3)23-14(22)19(10-4-5-10)12-6-11(16)18-13-9(8-21)7-17-20(12)13/h5,7-8,12-13,21H,1-4,6,9H2,(H,23,26,27);6-8,10H,4-5H2,1-3H3/b10-5+;/t12-;/m1./s1. The number of carbonyl (C=O) groups excluding carboxylic acids is 4. The van der Waals surface area contributed by atoms with E-state index in [4.69, 9.17) is 16.3 Å². The lowest BCUT2D eigenvalue weighted by Gasteiger charge is -2.27. The Hall–Kier alpha value is -5.12. The number of hydrogen-bond donors (Lipinski definition) is 2. The van der Waals surface area contributed by atoms with Gasteiger partial charge in [0.15, 0.2) is 17.6 Å². The molecule has 50 heavy (non-hydrogen) atoms. The number of aldehydes is 1. The van der Waals surface area contributed by atoms with Gasteiger partial charge in [0.2, 0.25) is 5.91 Å². The zero-order valence-electron chi connectivity index (χ0n) is 27.7. The number of imide groups is 1. The highest BCUT2D eigenvalue weighted by Gasteiger charge is 2.38. The van der Waals surface area contributed by atoms with Gasteiger partial charge >= 0.3 is 6.09 Å². The molecule has 2 aliphatic carbocycles. The van der Waals surface area contributed by atoms with Gasteiger partial charge < -0.3 is 15.0 Å². The Labute approximate surface area is 290 Å². The molecule has 17 heteroatoms. The SMILES string of the molecule is CC(C)(C)OC(=O)N(c1cc(Cl)nc2c(C=O)cnn12)C1CC1.O=C1C/C(=C\c2cnn3c(NC4CC4)cc(N4CC[C@@H](F)C4)nc23)C(=O)N1. The van der Waals surface area contributed by atoms with Gasteiger partial charge in [-0.25, -0.2) is 19.2 Å². The average Bonchev–Trinajstić information content (AvgIpc) is 3.88. The highest BCUT2D eigenvalue weighted by Crippen LogP contribution is 2.35. The van der Waals surface area contributed by atoms with E-state index >= 15 is 0 Å². The third-order valence-electron chi connectivity index (χ3n) is 8.42. The van der Waals surface area contributed by atoms with Crippen molar-refractivity contribution in [1.82, 2.24) is 34.5 Å². The van der Waals surface area contributed by atoms with Crippen molar-refractivity contribution in [3.05, 3.63) is 46.4 Å². The molecule has 2 aliphatic heterocycles. The van der Waals surface area contributed by atoms with E-state index in [1.165, 1.54) is 15.6 Å². The summed E-state index contributed by atoms with van der Waals surface area (Å²) in [7, 11) is 0. The molecule has 4 fully saturated rings. The molecular formula is C33H36ClFN10O5. The molecule has 4 aromatic heterocycles. The van der Waals surface area contributed by atoms with Crippen LogP contribution in [0.15, 0.2) is 30.1 Å². The monoisotopic (exact) mass is 706 g/mol. The molecule has 2 saturated carbocycles. The number of aromatic nitrogens is 6. The fraction of sp³-hybridized carbons (Fsp3) is 0.455. The number of rotatable bonds is 7. The van der Waals surface area contributed by atoms with Crippen LogP contribution in [-0.2, 0) is 14.3 Å². The summed E-state index contributed by atoms with van der Waals surface area (Å²) in [4.78, 5) is 59.3. The van der Waals surface area contributed by atoms with Gasteiger partial charge in [0.1, 0.15) is 34.4 Å². The van der Waals surface area contributed by atoms with Crippen LogP contribution in [0, 0.1) is 0 Å². The summed E-state index contributed by atoms with van der Waals surface area (Å²) in [6.07, 6.45) is 8.55. The van der Waals surface area contributed by atoms with Gasteiger partial charge in [-0.3, -0.25) is 24.6 Å². The number of hydrogen-bond acceptors (Lipinski definition) is 11. The third-order valence-corrected chi connectivity index (χ3v) is 8.61. The van der Waals surface area contributed by atoms with Gasteiger partial charge in [-0.05, 0) is 59.0 Å². The van der Waals surface area contributed by atoms with E-state index in [-0.39, 0.29) is 29.4 Å². The number of nitrogens with zero attached hydrogens (tertiary/aromatic N) is 8. The molecule has 8 rings (SSSR count). The highest BCUT2D eigenvalue weighted by molar-refractivity contribution is 6.30. The summed E-state index contributed by atoms with van der Waals surface area (Å²) in [6.45, 7) is 6.37. The largest absolute Gasteiger partial charge is 0.443 e. The zero-order valence-corrected chi connectivity index (χ0v) is 28.5. The van der Waals surface area contributed by atoms with Crippen molar-refractivity contribution in [1.29, 1.82) is 0 Å². The van der Waals surface area contributed by atoms with Crippen LogP contribution in [0.2, 0.25) is 5.15 Å². The second kappa shape index (κ2) is 13.0. The van der Waals surface area contributed by atoms with Gasteiger partial charge in [-0.15, -0.1) is 0 Å². The van der Waals surface area contributed by atoms with Crippen molar-refractivity contribution >= 4 is 70.6 Å². The molecule has 6 heterocycles.